The summed E-state index contributed by atoms with van der Waals surface area (Å²) in [6.45, 7) is 0. The Kier molecular flexibility index (Phi) is 2.68. The van der Waals surface area contributed by atoms with Crippen LogP contribution in [0.4, 0.5) is 9.18 Å². The topological polar surface area (TPSA) is 52.3 Å². The number of carbonyl (C=O) groups is 1. The molecule has 11 heavy (non-hydrogen) atoms. The molecule has 0 saturated heterocycles. The van der Waals surface area contributed by atoms with Gasteiger partial charge < -0.3 is 10.5 Å². The third-order valence-electron chi connectivity index (χ3n) is 1.89. The number of hydrogen-bond acceptors (Lipinski definition) is 2. The summed E-state index contributed by atoms with van der Waals surface area (Å²) in [6, 6.07) is 0. The Morgan fingerprint density at radius 3 is 2.36 bits per heavy atom. The van der Waals surface area contributed by atoms with Gasteiger partial charge >= 0.3 is 6.09 Å². The van der Waals surface area contributed by atoms with Crippen LogP contribution in [0.2, 0.25) is 0 Å². The lowest BCUT2D eigenvalue weighted by molar-refractivity contribution is 0.0634. The fraction of sp³-hybridized carbons (Fsp3) is 0.857. The van der Waals surface area contributed by atoms with E-state index in [9.17, 15) is 9.18 Å². The van der Waals surface area contributed by atoms with Crippen LogP contribution in [-0.4, -0.2) is 18.4 Å². The maximum atomic E-state index is 12.5. The standard InChI is InChI=1S/C7H12FNO2/c8-5-1-3-6(4-2-5)11-7(9)10/h5-6H,1-4H2,(H2,9,10). The second kappa shape index (κ2) is 3.55. The van der Waals surface area contributed by atoms with Crippen molar-refractivity contribution >= 4 is 6.09 Å². The molecule has 2 N–H and O–H groups in total. The Morgan fingerprint density at radius 2 is 1.91 bits per heavy atom. The van der Waals surface area contributed by atoms with Gasteiger partial charge in [0.15, 0.2) is 0 Å². The van der Waals surface area contributed by atoms with Crippen LogP contribution in [0, 0.1) is 0 Å². The molecule has 0 bridgehead atoms. The van der Waals surface area contributed by atoms with Gasteiger partial charge in [-0.25, -0.2) is 9.18 Å². The summed E-state index contributed by atoms with van der Waals surface area (Å²) in [5.74, 6) is 0. The van der Waals surface area contributed by atoms with Gasteiger partial charge in [-0.05, 0) is 25.7 Å². The average Bonchev–Trinajstić information content (AvgIpc) is 1.93. The molecule has 0 aliphatic heterocycles. The molecule has 3 nitrogen and oxygen atoms in total. The number of carbonyl (C=O) groups excluding carboxylic acids is 1. The van der Waals surface area contributed by atoms with Crippen molar-refractivity contribution < 1.29 is 13.9 Å². The Labute approximate surface area is 64.7 Å². The van der Waals surface area contributed by atoms with Crippen molar-refractivity contribution in [1.82, 2.24) is 0 Å². The van der Waals surface area contributed by atoms with Crippen LogP contribution in [0.1, 0.15) is 25.7 Å². The van der Waals surface area contributed by atoms with E-state index in [-0.39, 0.29) is 6.10 Å². The van der Waals surface area contributed by atoms with E-state index in [0.717, 1.165) is 0 Å². The van der Waals surface area contributed by atoms with Crippen LogP contribution >= 0.6 is 0 Å². The number of halogens is 1. The van der Waals surface area contributed by atoms with Crippen LogP contribution in [0.5, 0.6) is 0 Å². The number of rotatable bonds is 1. The number of alkyl halides is 1. The summed E-state index contributed by atoms with van der Waals surface area (Å²) in [6.07, 6.45) is 0.541. The zero-order valence-corrected chi connectivity index (χ0v) is 6.25. The number of ether oxygens (including phenoxy) is 1. The van der Waals surface area contributed by atoms with Crippen molar-refractivity contribution in [3.63, 3.8) is 0 Å². The predicted molar refractivity (Wildman–Crippen MR) is 37.8 cm³/mol. The first-order chi connectivity index (χ1) is 5.18. The monoisotopic (exact) mass is 161 g/mol. The number of hydrogen-bond donors (Lipinski definition) is 1. The van der Waals surface area contributed by atoms with Crippen molar-refractivity contribution in [2.45, 2.75) is 38.0 Å². The quantitative estimate of drug-likeness (QED) is 0.631. The summed E-state index contributed by atoms with van der Waals surface area (Å²) in [4.78, 5) is 10.3. The van der Waals surface area contributed by atoms with Gasteiger partial charge in [0.1, 0.15) is 12.3 Å². The molecule has 1 aliphatic rings. The molecule has 1 rings (SSSR count). The summed E-state index contributed by atoms with van der Waals surface area (Å²) in [5, 5.41) is 0. The zero-order valence-electron chi connectivity index (χ0n) is 6.25. The number of primary amides is 1. The van der Waals surface area contributed by atoms with E-state index in [0.29, 0.717) is 25.7 Å². The Morgan fingerprint density at radius 1 is 1.36 bits per heavy atom. The molecule has 64 valence electrons. The molecule has 0 aromatic carbocycles. The normalized spacial score (nSPS) is 31.4. The molecule has 0 atom stereocenters. The van der Waals surface area contributed by atoms with Crippen molar-refractivity contribution in [3.8, 4) is 0 Å². The van der Waals surface area contributed by atoms with Crippen molar-refractivity contribution in [3.05, 3.63) is 0 Å². The molecule has 0 spiro atoms. The lowest BCUT2D eigenvalue weighted by Crippen LogP contribution is -2.27. The smallest absolute Gasteiger partial charge is 0.404 e. The van der Waals surface area contributed by atoms with Crippen LogP contribution < -0.4 is 5.73 Å². The maximum Gasteiger partial charge on any atom is 0.404 e. The Bertz CT molecular complexity index is 143. The highest BCUT2D eigenvalue weighted by molar-refractivity contribution is 5.64. The molecule has 1 aliphatic carbocycles. The SMILES string of the molecule is NC(=O)OC1CCC(F)CC1. The van der Waals surface area contributed by atoms with Crippen molar-refractivity contribution in [1.29, 1.82) is 0 Å². The molecule has 1 saturated carbocycles. The third-order valence-corrected chi connectivity index (χ3v) is 1.89. The van der Waals surface area contributed by atoms with E-state index < -0.39 is 12.3 Å². The molecule has 0 aromatic heterocycles. The molecular weight excluding hydrogens is 149 g/mol. The molecule has 0 heterocycles. The van der Waals surface area contributed by atoms with Gasteiger partial charge in [0, 0.05) is 0 Å². The Balaban J connectivity index is 2.22. The van der Waals surface area contributed by atoms with Crippen LogP contribution in [-0.2, 0) is 4.74 Å². The van der Waals surface area contributed by atoms with Gasteiger partial charge in [-0.2, -0.15) is 0 Å². The minimum Gasteiger partial charge on any atom is -0.446 e. The van der Waals surface area contributed by atoms with Gasteiger partial charge in [-0.3, -0.25) is 0 Å². The van der Waals surface area contributed by atoms with Gasteiger partial charge in [0.05, 0.1) is 0 Å². The first-order valence-electron chi connectivity index (χ1n) is 3.78. The second-order valence-electron chi connectivity index (χ2n) is 2.81. The first kappa shape index (κ1) is 8.30. The van der Waals surface area contributed by atoms with Crippen LogP contribution in [0.3, 0.4) is 0 Å². The zero-order chi connectivity index (χ0) is 8.27. The maximum absolute atomic E-state index is 12.5. The van der Waals surface area contributed by atoms with E-state index in [1.807, 2.05) is 0 Å². The molecular formula is C7H12FNO2. The third kappa shape index (κ3) is 2.74. The van der Waals surface area contributed by atoms with E-state index in [1.165, 1.54) is 0 Å². The van der Waals surface area contributed by atoms with Crippen LogP contribution in [0.25, 0.3) is 0 Å². The fourth-order valence-electron chi connectivity index (χ4n) is 1.30. The minimum atomic E-state index is -0.757. The largest absolute Gasteiger partial charge is 0.446 e. The van der Waals surface area contributed by atoms with E-state index >= 15 is 0 Å². The molecule has 1 amide bonds. The van der Waals surface area contributed by atoms with Gasteiger partial charge in [0.25, 0.3) is 0 Å². The molecule has 1 fully saturated rings. The predicted octanol–water partition coefficient (Wildman–Crippen LogP) is 1.36. The highest BCUT2D eigenvalue weighted by Crippen LogP contribution is 2.22. The Hall–Kier alpha value is -0.800. The molecule has 0 aromatic rings. The number of amides is 1. The first-order valence-corrected chi connectivity index (χ1v) is 3.78. The highest BCUT2D eigenvalue weighted by atomic mass is 19.1. The lowest BCUT2D eigenvalue weighted by Gasteiger charge is -2.23. The summed E-state index contributed by atoms with van der Waals surface area (Å²) < 4.78 is 17.2. The van der Waals surface area contributed by atoms with Crippen molar-refractivity contribution in [2.24, 2.45) is 5.73 Å². The van der Waals surface area contributed by atoms with E-state index in [4.69, 9.17) is 10.5 Å². The fourth-order valence-corrected chi connectivity index (χ4v) is 1.30. The van der Waals surface area contributed by atoms with E-state index in [1.54, 1.807) is 0 Å². The second-order valence-corrected chi connectivity index (χ2v) is 2.81. The van der Waals surface area contributed by atoms with E-state index in [2.05, 4.69) is 0 Å². The minimum absolute atomic E-state index is 0.153. The lowest BCUT2D eigenvalue weighted by atomic mass is 9.96. The van der Waals surface area contributed by atoms with Crippen molar-refractivity contribution in [2.75, 3.05) is 0 Å². The molecule has 0 unspecified atom stereocenters. The van der Waals surface area contributed by atoms with Crippen LogP contribution in [0.15, 0.2) is 0 Å². The summed E-state index contributed by atoms with van der Waals surface area (Å²) in [5.41, 5.74) is 4.80. The molecule has 4 heteroatoms. The highest BCUT2D eigenvalue weighted by Gasteiger charge is 2.22. The molecule has 0 radical (unpaired) electrons. The summed E-state index contributed by atoms with van der Waals surface area (Å²) >= 11 is 0. The van der Waals surface area contributed by atoms with Gasteiger partial charge in [-0.15, -0.1) is 0 Å². The number of nitrogens with two attached hydrogens (primary N) is 1. The van der Waals surface area contributed by atoms with Gasteiger partial charge in [0.2, 0.25) is 0 Å². The average molecular weight is 161 g/mol. The van der Waals surface area contributed by atoms with Gasteiger partial charge in [-0.1, -0.05) is 0 Å². The summed E-state index contributed by atoms with van der Waals surface area (Å²) in [7, 11) is 0.